The second-order valence-corrected chi connectivity index (χ2v) is 3.94. The van der Waals surface area contributed by atoms with Crippen molar-refractivity contribution in [1.82, 2.24) is 4.98 Å². The van der Waals surface area contributed by atoms with Crippen molar-refractivity contribution in [3.8, 4) is 0 Å². The Balaban J connectivity index is 2.96. The Morgan fingerprint density at radius 1 is 1.41 bits per heavy atom. The van der Waals surface area contributed by atoms with Crippen molar-refractivity contribution >= 4 is 16.9 Å². The highest BCUT2D eigenvalue weighted by Crippen LogP contribution is 2.16. The summed E-state index contributed by atoms with van der Waals surface area (Å²) < 4.78 is 0. The molecule has 4 heteroatoms. The first kappa shape index (κ1) is 11.4. The van der Waals surface area contributed by atoms with E-state index in [1.165, 1.54) is 6.07 Å². The Morgan fingerprint density at radius 2 is 2.12 bits per heavy atom. The molecule has 0 spiro atoms. The van der Waals surface area contributed by atoms with Crippen LogP contribution in [0.4, 0.5) is 0 Å². The predicted octanol–water partition coefficient (Wildman–Crippen LogP) is 2.10. The van der Waals surface area contributed by atoms with Gasteiger partial charge < -0.3 is 10.1 Å². The monoisotopic (exact) mass is 231 g/mol. The number of nitrogens with one attached hydrogen (secondary N) is 1. The highest BCUT2D eigenvalue weighted by atomic mass is 16.4. The summed E-state index contributed by atoms with van der Waals surface area (Å²) in [6.07, 6.45) is 0.633. The van der Waals surface area contributed by atoms with Crippen LogP contribution in [0.1, 0.15) is 28.5 Å². The van der Waals surface area contributed by atoms with Crippen molar-refractivity contribution in [2.45, 2.75) is 20.3 Å². The Hall–Kier alpha value is -2.10. The Kier molecular flexibility index (Phi) is 2.71. The van der Waals surface area contributed by atoms with Crippen molar-refractivity contribution < 1.29 is 9.90 Å². The van der Waals surface area contributed by atoms with Gasteiger partial charge in [0, 0.05) is 16.6 Å². The van der Waals surface area contributed by atoms with Crippen molar-refractivity contribution in [3.63, 3.8) is 0 Å². The zero-order valence-corrected chi connectivity index (χ0v) is 9.70. The minimum Gasteiger partial charge on any atom is -0.478 e. The summed E-state index contributed by atoms with van der Waals surface area (Å²) >= 11 is 0. The molecule has 0 aliphatic carbocycles. The van der Waals surface area contributed by atoms with Gasteiger partial charge in [-0.2, -0.15) is 0 Å². The number of para-hydroxylation sites is 1. The fraction of sp³-hybridized carbons (Fsp3) is 0.231. The summed E-state index contributed by atoms with van der Waals surface area (Å²) in [5, 5.41) is 9.51. The summed E-state index contributed by atoms with van der Waals surface area (Å²) in [5.41, 5.74) is 1.89. The van der Waals surface area contributed by atoms with Crippen LogP contribution in [0.5, 0.6) is 0 Å². The van der Waals surface area contributed by atoms with Crippen molar-refractivity contribution in [2.24, 2.45) is 0 Å². The van der Waals surface area contributed by atoms with Gasteiger partial charge in [0.15, 0.2) is 5.43 Å². The van der Waals surface area contributed by atoms with Gasteiger partial charge in [-0.3, -0.25) is 4.79 Å². The lowest BCUT2D eigenvalue weighted by atomic mass is 10.0. The van der Waals surface area contributed by atoms with Gasteiger partial charge >= 0.3 is 5.97 Å². The predicted molar refractivity (Wildman–Crippen MR) is 65.6 cm³/mol. The van der Waals surface area contributed by atoms with Crippen LogP contribution in [0.3, 0.4) is 0 Å². The second-order valence-electron chi connectivity index (χ2n) is 3.94. The van der Waals surface area contributed by atoms with Crippen molar-refractivity contribution in [2.75, 3.05) is 0 Å². The zero-order chi connectivity index (χ0) is 12.6. The molecule has 0 atom stereocenters. The maximum absolute atomic E-state index is 12.1. The maximum atomic E-state index is 12.1. The summed E-state index contributed by atoms with van der Waals surface area (Å²) in [6, 6.07) is 4.74. The molecule has 0 unspecified atom stereocenters. The molecule has 2 rings (SSSR count). The zero-order valence-electron chi connectivity index (χ0n) is 9.70. The molecule has 17 heavy (non-hydrogen) atoms. The van der Waals surface area contributed by atoms with Crippen molar-refractivity contribution in [1.29, 1.82) is 0 Å². The standard InChI is InChI=1S/C13H13NO3/c1-3-8-7(2)14-11-9(12(8)15)5-4-6-10(11)13(16)17/h4-6H,3H2,1-2H3,(H,14,15)(H,16,17). The number of hydrogen-bond acceptors (Lipinski definition) is 2. The van der Waals surface area contributed by atoms with Gasteiger partial charge in [0.25, 0.3) is 0 Å². The molecular formula is C13H13NO3. The summed E-state index contributed by atoms with van der Waals surface area (Å²) in [5.74, 6) is -1.03. The molecule has 0 aliphatic heterocycles. The van der Waals surface area contributed by atoms with E-state index in [1.54, 1.807) is 19.1 Å². The molecule has 2 N–H and O–H groups in total. The topological polar surface area (TPSA) is 70.2 Å². The maximum Gasteiger partial charge on any atom is 0.337 e. The lowest BCUT2D eigenvalue weighted by Crippen LogP contribution is -2.14. The smallest absolute Gasteiger partial charge is 0.337 e. The molecule has 4 nitrogen and oxygen atoms in total. The SMILES string of the molecule is CCc1c(C)[nH]c2c(C(=O)O)cccc2c1=O. The molecule has 88 valence electrons. The molecule has 2 aromatic rings. The molecule has 1 aromatic carbocycles. The average Bonchev–Trinajstić information content (AvgIpc) is 2.28. The molecular weight excluding hydrogens is 218 g/mol. The van der Waals surface area contributed by atoms with Gasteiger partial charge in [-0.1, -0.05) is 13.0 Å². The number of carbonyl (C=O) groups is 1. The van der Waals surface area contributed by atoms with Gasteiger partial charge in [0.05, 0.1) is 11.1 Å². The number of carboxylic acids is 1. The summed E-state index contributed by atoms with van der Waals surface area (Å²) in [4.78, 5) is 26.2. The fourth-order valence-electron chi connectivity index (χ4n) is 2.08. The molecule has 1 aromatic heterocycles. The molecule has 1 heterocycles. The average molecular weight is 231 g/mol. The Bertz CT molecular complexity index is 655. The summed E-state index contributed by atoms with van der Waals surface area (Å²) in [6.45, 7) is 3.70. The number of pyridine rings is 1. The van der Waals surface area contributed by atoms with E-state index in [0.29, 0.717) is 22.9 Å². The first-order valence-electron chi connectivity index (χ1n) is 5.44. The summed E-state index contributed by atoms with van der Waals surface area (Å²) in [7, 11) is 0. The van der Waals surface area contributed by atoms with Crippen molar-refractivity contribution in [3.05, 3.63) is 45.2 Å². The normalized spacial score (nSPS) is 10.7. The van der Waals surface area contributed by atoms with Crippen LogP contribution in [-0.2, 0) is 6.42 Å². The Morgan fingerprint density at radius 3 is 2.71 bits per heavy atom. The minimum atomic E-state index is -1.03. The van der Waals surface area contributed by atoms with Gasteiger partial charge in [-0.15, -0.1) is 0 Å². The first-order valence-corrected chi connectivity index (χ1v) is 5.44. The van der Waals surface area contributed by atoms with Crippen LogP contribution in [0, 0.1) is 6.92 Å². The van der Waals surface area contributed by atoms with Crippen LogP contribution in [-0.4, -0.2) is 16.1 Å². The number of aryl methyl sites for hydroxylation is 1. The number of benzene rings is 1. The third-order valence-electron chi connectivity index (χ3n) is 2.93. The van der Waals surface area contributed by atoms with E-state index in [-0.39, 0.29) is 11.0 Å². The third kappa shape index (κ3) is 1.71. The molecule has 0 saturated heterocycles. The number of carboxylic acid groups (broad SMARTS) is 1. The highest BCUT2D eigenvalue weighted by Gasteiger charge is 2.13. The number of fused-ring (bicyclic) bond motifs is 1. The van der Waals surface area contributed by atoms with E-state index in [1.807, 2.05) is 6.92 Å². The van der Waals surface area contributed by atoms with E-state index >= 15 is 0 Å². The van der Waals surface area contributed by atoms with Crippen LogP contribution in [0.25, 0.3) is 10.9 Å². The minimum absolute atomic E-state index is 0.0816. The molecule has 0 bridgehead atoms. The van der Waals surface area contributed by atoms with Gasteiger partial charge in [-0.05, 0) is 25.5 Å². The van der Waals surface area contributed by atoms with Crippen LogP contribution in [0.2, 0.25) is 0 Å². The third-order valence-corrected chi connectivity index (χ3v) is 2.93. The van der Waals surface area contributed by atoms with E-state index in [4.69, 9.17) is 5.11 Å². The quantitative estimate of drug-likeness (QED) is 0.831. The van der Waals surface area contributed by atoms with Crippen LogP contribution >= 0.6 is 0 Å². The number of H-pyrrole nitrogens is 1. The molecule has 0 saturated carbocycles. The molecule has 0 amide bonds. The first-order chi connectivity index (χ1) is 8.06. The largest absolute Gasteiger partial charge is 0.478 e. The lowest BCUT2D eigenvalue weighted by molar-refractivity contribution is 0.0699. The number of aromatic carboxylic acids is 1. The lowest BCUT2D eigenvalue weighted by Gasteiger charge is -2.07. The molecule has 0 aliphatic rings. The van der Waals surface area contributed by atoms with E-state index < -0.39 is 5.97 Å². The number of rotatable bonds is 2. The number of aromatic amines is 1. The van der Waals surface area contributed by atoms with E-state index in [9.17, 15) is 9.59 Å². The molecule has 0 radical (unpaired) electrons. The van der Waals surface area contributed by atoms with Gasteiger partial charge in [0.2, 0.25) is 0 Å². The number of aromatic nitrogens is 1. The van der Waals surface area contributed by atoms with E-state index in [2.05, 4.69) is 4.98 Å². The van der Waals surface area contributed by atoms with Crippen LogP contribution < -0.4 is 5.43 Å². The number of hydrogen-bond donors (Lipinski definition) is 2. The fourth-order valence-corrected chi connectivity index (χ4v) is 2.08. The Labute approximate surface area is 97.9 Å². The van der Waals surface area contributed by atoms with E-state index in [0.717, 1.165) is 5.69 Å². The van der Waals surface area contributed by atoms with Crippen LogP contribution in [0.15, 0.2) is 23.0 Å². The van der Waals surface area contributed by atoms with Gasteiger partial charge in [0.1, 0.15) is 0 Å². The highest BCUT2D eigenvalue weighted by molar-refractivity contribution is 6.01. The molecule has 0 fully saturated rings. The van der Waals surface area contributed by atoms with Gasteiger partial charge in [-0.25, -0.2) is 4.79 Å². The second kappa shape index (κ2) is 4.05.